The van der Waals surface area contributed by atoms with E-state index in [1.54, 1.807) is 0 Å². The zero-order valence-corrected chi connectivity index (χ0v) is 8.14. The van der Waals surface area contributed by atoms with Crippen LogP contribution >= 0.6 is 0 Å². The summed E-state index contributed by atoms with van der Waals surface area (Å²) in [4.78, 5) is 10.8. The molecule has 1 fully saturated rings. The number of halogens is 3. The average molecular weight is 234 g/mol. The fourth-order valence-electron chi connectivity index (χ4n) is 1.77. The van der Waals surface area contributed by atoms with Gasteiger partial charge >= 0.3 is 12.1 Å². The zero-order chi connectivity index (χ0) is 11.9. The van der Waals surface area contributed by atoms with Crippen molar-refractivity contribution in [3.63, 3.8) is 0 Å². The molecule has 88 valence electrons. The van der Waals surface area contributed by atoms with Crippen LogP contribution in [0.3, 0.4) is 0 Å². The van der Waals surface area contributed by atoms with Gasteiger partial charge in [0.05, 0.1) is 5.69 Å². The minimum absolute atomic E-state index is 0.103. The van der Waals surface area contributed by atoms with Gasteiger partial charge in [-0.3, -0.25) is 5.10 Å². The Labute approximate surface area is 88.5 Å². The number of H-pyrrole nitrogens is 1. The van der Waals surface area contributed by atoms with Crippen LogP contribution in [0.4, 0.5) is 13.2 Å². The lowest BCUT2D eigenvalue weighted by atomic mass is 9.81. The second-order valence-corrected chi connectivity index (χ2v) is 3.79. The number of carboxylic acids is 1. The number of aromatic amines is 1. The Morgan fingerprint density at radius 3 is 2.44 bits per heavy atom. The third-order valence-corrected chi connectivity index (χ3v) is 2.79. The van der Waals surface area contributed by atoms with Crippen LogP contribution in [0.1, 0.15) is 46.9 Å². The van der Waals surface area contributed by atoms with Gasteiger partial charge in [-0.1, -0.05) is 6.42 Å². The van der Waals surface area contributed by atoms with Crippen molar-refractivity contribution in [2.24, 2.45) is 0 Å². The first kappa shape index (κ1) is 11.0. The molecule has 0 aliphatic heterocycles. The Morgan fingerprint density at radius 2 is 2.06 bits per heavy atom. The molecule has 1 saturated carbocycles. The average Bonchev–Trinajstić information content (AvgIpc) is 2.43. The Bertz CT molecular complexity index is 421. The molecule has 1 aliphatic carbocycles. The predicted molar refractivity (Wildman–Crippen MR) is 47.1 cm³/mol. The van der Waals surface area contributed by atoms with Crippen LogP contribution < -0.4 is 0 Å². The van der Waals surface area contributed by atoms with Crippen molar-refractivity contribution in [2.75, 3.05) is 0 Å². The van der Waals surface area contributed by atoms with E-state index >= 15 is 0 Å². The van der Waals surface area contributed by atoms with Gasteiger partial charge in [0.2, 0.25) is 0 Å². The van der Waals surface area contributed by atoms with Crippen molar-refractivity contribution in [2.45, 2.75) is 31.4 Å². The van der Waals surface area contributed by atoms with Gasteiger partial charge in [-0.25, -0.2) is 4.79 Å². The molecule has 2 rings (SSSR count). The molecule has 0 aromatic carbocycles. The molecule has 0 unspecified atom stereocenters. The molecule has 1 aliphatic rings. The molecular weight excluding hydrogens is 225 g/mol. The van der Waals surface area contributed by atoms with Crippen LogP contribution in [0, 0.1) is 0 Å². The number of hydrogen-bond donors (Lipinski definition) is 2. The molecule has 1 aromatic rings. The van der Waals surface area contributed by atoms with Gasteiger partial charge in [-0.2, -0.15) is 18.3 Å². The van der Waals surface area contributed by atoms with E-state index < -0.39 is 23.4 Å². The number of alkyl halides is 3. The fourth-order valence-corrected chi connectivity index (χ4v) is 1.77. The van der Waals surface area contributed by atoms with Crippen molar-refractivity contribution in [1.82, 2.24) is 10.2 Å². The maximum Gasteiger partial charge on any atom is 0.436 e. The van der Waals surface area contributed by atoms with Crippen LogP contribution in [0.25, 0.3) is 0 Å². The number of nitrogens with one attached hydrogen (secondary N) is 1. The molecule has 2 N–H and O–H groups in total. The maximum atomic E-state index is 12.5. The largest absolute Gasteiger partial charge is 0.478 e. The monoisotopic (exact) mass is 234 g/mol. The van der Waals surface area contributed by atoms with Gasteiger partial charge in [0, 0.05) is 5.92 Å². The molecule has 1 heterocycles. The summed E-state index contributed by atoms with van der Waals surface area (Å²) in [6.07, 6.45) is -2.41. The van der Waals surface area contributed by atoms with Crippen LogP contribution in [-0.2, 0) is 6.18 Å². The number of hydrogen-bond acceptors (Lipinski definition) is 2. The number of carboxylic acid groups (broad SMARTS) is 1. The summed E-state index contributed by atoms with van der Waals surface area (Å²) in [5.74, 6) is -1.71. The predicted octanol–water partition coefficient (Wildman–Crippen LogP) is 2.39. The van der Waals surface area contributed by atoms with E-state index in [1.165, 1.54) is 0 Å². The lowest BCUT2D eigenvalue weighted by molar-refractivity contribution is -0.141. The molecular formula is C9H9F3N2O2. The number of aromatic carboxylic acids is 1. The molecule has 0 saturated heterocycles. The molecule has 16 heavy (non-hydrogen) atoms. The van der Waals surface area contributed by atoms with Gasteiger partial charge < -0.3 is 5.11 Å². The van der Waals surface area contributed by atoms with Crippen LogP contribution in [0.5, 0.6) is 0 Å². The highest BCUT2D eigenvalue weighted by Gasteiger charge is 2.42. The highest BCUT2D eigenvalue weighted by Crippen LogP contribution is 2.40. The summed E-state index contributed by atoms with van der Waals surface area (Å²) in [6.45, 7) is 0. The first-order chi connectivity index (χ1) is 7.41. The minimum atomic E-state index is -4.73. The highest BCUT2D eigenvalue weighted by atomic mass is 19.4. The Morgan fingerprint density at radius 1 is 1.44 bits per heavy atom. The van der Waals surface area contributed by atoms with Crippen LogP contribution in [0.15, 0.2) is 0 Å². The number of carbonyl (C=O) groups is 1. The molecule has 4 nitrogen and oxygen atoms in total. The Balaban J connectivity index is 2.47. The number of aromatic nitrogens is 2. The summed E-state index contributed by atoms with van der Waals surface area (Å²) in [6, 6.07) is 0. The zero-order valence-electron chi connectivity index (χ0n) is 8.14. The molecule has 0 spiro atoms. The van der Waals surface area contributed by atoms with Crippen molar-refractivity contribution in [3.05, 3.63) is 17.0 Å². The molecule has 0 bridgehead atoms. The van der Waals surface area contributed by atoms with Crippen molar-refractivity contribution < 1.29 is 23.1 Å². The first-order valence-electron chi connectivity index (χ1n) is 4.80. The topological polar surface area (TPSA) is 66.0 Å². The maximum absolute atomic E-state index is 12.5. The molecule has 0 amide bonds. The van der Waals surface area contributed by atoms with Crippen molar-refractivity contribution >= 4 is 5.97 Å². The number of nitrogens with zero attached hydrogens (tertiary/aromatic N) is 1. The van der Waals surface area contributed by atoms with E-state index in [4.69, 9.17) is 5.11 Å². The van der Waals surface area contributed by atoms with Gasteiger partial charge in [0.1, 0.15) is 5.56 Å². The third kappa shape index (κ3) is 1.66. The van der Waals surface area contributed by atoms with E-state index in [0.717, 1.165) is 6.42 Å². The van der Waals surface area contributed by atoms with Gasteiger partial charge in [-0.15, -0.1) is 0 Å². The lowest BCUT2D eigenvalue weighted by Crippen LogP contribution is -2.16. The van der Waals surface area contributed by atoms with Gasteiger partial charge in [-0.05, 0) is 12.8 Å². The summed E-state index contributed by atoms with van der Waals surface area (Å²) in [7, 11) is 0. The summed E-state index contributed by atoms with van der Waals surface area (Å²) in [5.41, 5.74) is -1.95. The van der Waals surface area contributed by atoms with Crippen molar-refractivity contribution in [3.8, 4) is 0 Å². The second kappa shape index (κ2) is 3.50. The van der Waals surface area contributed by atoms with E-state index in [2.05, 4.69) is 10.2 Å². The van der Waals surface area contributed by atoms with E-state index in [0.29, 0.717) is 12.8 Å². The minimum Gasteiger partial charge on any atom is -0.478 e. The normalized spacial score (nSPS) is 17.2. The third-order valence-electron chi connectivity index (χ3n) is 2.79. The Kier molecular flexibility index (Phi) is 2.40. The van der Waals surface area contributed by atoms with Gasteiger partial charge in [0.25, 0.3) is 0 Å². The Hall–Kier alpha value is -1.53. The van der Waals surface area contributed by atoms with Crippen molar-refractivity contribution in [1.29, 1.82) is 0 Å². The molecule has 0 radical (unpaired) electrons. The summed E-state index contributed by atoms with van der Waals surface area (Å²) in [5, 5.41) is 14.1. The molecule has 7 heteroatoms. The highest BCUT2D eigenvalue weighted by molar-refractivity contribution is 5.90. The summed E-state index contributed by atoms with van der Waals surface area (Å²) >= 11 is 0. The quantitative estimate of drug-likeness (QED) is 0.825. The SMILES string of the molecule is O=C(O)c1c(C(F)(F)F)n[nH]c1C1CCC1. The van der Waals surface area contributed by atoms with Crippen LogP contribution in [0.2, 0.25) is 0 Å². The smallest absolute Gasteiger partial charge is 0.436 e. The van der Waals surface area contributed by atoms with E-state index in [1.807, 2.05) is 0 Å². The van der Waals surface area contributed by atoms with Gasteiger partial charge in [0.15, 0.2) is 5.69 Å². The number of rotatable bonds is 2. The second-order valence-electron chi connectivity index (χ2n) is 3.79. The summed E-state index contributed by atoms with van der Waals surface area (Å²) < 4.78 is 37.4. The fraction of sp³-hybridized carbons (Fsp3) is 0.556. The standard InChI is InChI=1S/C9H9F3N2O2/c10-9(11,12)7-5(8(15)16)6(13-14-7)4-2-1-3-4/h4H,1-3H2,(H,13,14)(H,15,16). The van der Waals surface area contributed by atoms with E-state index in [-0.39, 0.29) is 11.6 Å². The lowest BCUT2D eigenvalue weighted by Gasteiger charge is -2.24. The molecule has 0 atom stereocenters. The van der Waals surface area contributed by atoms with E-state index in [9.17, 15) is 18.0 Å². The first-order valence-corrected chi connectivity index (χ1v) is 4.80. The van der Waals surface area contributed by atoms with Crippen LogP contribution in [-0.4, -0.2) is 21.3 Å². The molecule has 1 aromatic heterocycles.